The number of hydrogen-bond acceptors (Lipinski definition) is 3. The Hall–Kier alpha value is -1.42. The van der Waals surface area contributed by atoms with E-state index in [9.17, 15) is 9.18 Å². The molecule has 1 atom stereocenters. The highest BCUT2D eigenvalue weighted by molar-refractivity contribution is 5.99. The first kappa shape index (κ1) is 15.0. The van der Waals surface area contributed by atoms with Crippen molar-refractivity contribution in [2.75, 3.05) is 25.2 Å². The summed E-state index contributed by atoms with van der Waals surface area (Å²) in [6.07, 6.45) is 2.35. The normalized spacial score (nSPS) is 16.0. The van der Waals surface area contributed by atoms with E-state index in [0.29, 0.717) is 30.3 Å². The maximum atomic E-state index is 14.3. The molecule has 3 nitrogen and oxygen atoms in total. The number of ketones is 1. The largest absolute Gasteiger partial charge is 0.383 e. The van der Waals surface area contributed by atoms with Gasteiger partial charge in [-0.3, -0.25) is 4.79 Å². The van der Waals surface area contributed by atoms with E-state index < -0.39 is 0 Å². The second-order valence-electron chi connectivity index (χ2n) is 5.46. The molecule has 20 heavy (non-hydrogen) atoms. The van der Waals surface area contributed by atoms with Crippen LogP contribution < -0.4 is 4.90 Å². The van der Waals surface area contributed by atoms with Crippen LogP contribution in [-0.4, -0.2) is 32.1 Å². The first-order chi connectivity index (χ1) is 9.56. The summed E-state index contributed by atoms with van der Waals surface area (Å²) < 4.78 is 19.4. The first-order valence-electron chi connectivity index (χ1n) is 7.11. The van der Waals surface area contributed by atoms with E-state index in [0.717, 1.165) is 0 Å². The van der Waals surface area contributed by atoms with E-state index in [-0.39, 0.29) is 17.6 Å². The number of Topliss-reactive ketones (excluding diaryl/α,β-unsaturated/α-hetero) is 1. The molecular weight excluding hydrogens is 257 g/mol. The standard InChI is InChI=1S/C16H22FNO2/c1-11(13-7-8-13)18(9-10-20-3)16-14(12(2)19)5-4-6-15(16)17/h4-6,11,13H,7-10H2,1-3H3. The topological polar surface area (TPSA) is 29.5 Å². The average Bonchev–Trinajstić information content (AvgIpc) is 3.24. The molecule has 0 heterocycles. The Morgan fingerprint density at radius 3 is 2.75 bits per heavy atom. The van der Waals surface area contributed by atoms with Gasteiger partial charge in [0.15, 0.2) is 5.78 Å². The van der Waals surface area contributed by atoms with E-state index in [1.165, 1.54) is 25.8 Å². The monoisotopic (exact) mass is 279 g/mol. The maximum Gasteiger partial charge on any atom is 0.161 e. The summed E-state index contributed by atoms with van der Waals surface area (Å²) in [6, 6.07) is 4.92. The number of carbonyl (C=O) groups is 1. The summed E-state index contributed by atoms with van der Waals surface area (Å²) in [5.74, 6) is 0.150. The fourth-order valence-corrected chi connectivity index (χ4v) is 2.63. The zero-order chi connectivity index (χ0) is 14.7. The molecule has 4 heteroatoms. The maximum absolute atomic E-state index is 14.3. The summed E-state index contributed by atoms with van der Waals surface area (Å²) >= 11 is 0. The summed E-state index contributed by atoms with van der Waals surface area (Å²) in [7, 11) is 1.63. The van der Waals surface area contributed by atoms with Crippen LogP contribution in [0.25, 0.3) is 0 Å². The van der Waals surface area contributed by atoms with E-state index >= 15 is 0 Å². The van der Waals surface area contributed by atoms with Crippen LogP contribution in [0.3, 0.4) is 0 Å². The van der Waals surface area contributed by atoms with E-state index in [1.54, 1.807) is 19.2 Å². The van der Waals surface area contributed by atoms with E-state index in [1.807, 2.05) is 4.90 Å². The van der Waals surface area contributed by atoms with Gasteiger partial charge in [0.25, 0.3) is 0 Å². The number of carbonyl (C=O) groups excluding carboxylic acids is 1. The van der Waals surface area contributed by atoms with Crippen LogP contribution in [0.15, 0.2) is 18.2 Å². The third kappa shape index (κ3) is 3.18. The minimum atomic E-state index is -0.332. The smallest absolute Gasteiger partial charge is 0.161 e. The van der Waals surface area contributed by atoms with Gasteiger partial charge in [-0.2, -0.15) is 0 Å². The van der Waals surface area contributed by atoms with E-state index in [2.05, 4.69) is 6.92 Å². The van der Waals surface area contributed by atoms with Crippen LogP contribution >= 0.6 is 0 Å². The van der Waals surface area contributed by atoms with Crippen LogP contribution in [0.5, 0.6) is 0 Å². The van der Waals surface area contributed by atoms with Gasteiger partial charge in [0.1, 0.15) is 5.82 Å². The molecule has 1 saturated carbocycles. The second kappa shape index (κ2) is 6.35. The number of hydrogen-bond donors (Lipinski definition) is 0. The third-order valence-corrected chi connectivity index (χ3v) is 3.99. The molecule has 1 aromatic rings. The van der Waals surface area contributed by atoms with Crippen molar-refractivity contribution in [3.63, 3.8) is 0 Å². The Balaban J connectivity index is 2.38. The molecule has 0 aromatic heterocycles. The highest BCUT2D eigenvalue weighted by Crippen LogP contribution is 2.38. The number of ether oxygens (including phenoxy) is 1. The van der Waals surface area contributed by atoms with Crippen LogP contribution in [-0.2, 0) is 4.74 Å². The zero-order valence-corrected chi connectivity index (χ0v) is 12.4. The number of rotatable bonds is 7. The molecule has 0 radical (unpaired) electrons. The van der Waals surface area contributed by atoms with Crippen molar-refractivity contribution in [2.24, 2.45) is 5.92 Å². The number of methoxy groups -OCH3 is 1. The molecular formula is C16H22FNO2. The number of benzene rings is 1. The number of para-hydroxylation sites is 1. The molecule has 0 aliphatic heterocycles. The van der Waals surface area contributed by atoms with Gasteiger partial charge in [0.2, 0.25) is 0 Å². The Morgan fingerprint density at radius 2 is 2.20 bits per heavy atom. The molecule has 1 unspecified atom stereocenters. The summed E-state index contributed by atoms with van der Waals surface area (Å²) in [4.78, 5) is 13.8. The highest BCUT2D eigenvalue weighted by atomic mass is 19.1. The lowest BCUT2D eigenvalue weighted by atomic mass is 10.0. The highest BCUT2D eigenvalue weighted by Gasteiger charge is 2.34. The van der Waals surface area contributed by atoms with Crippen molar-refractivity contribution < 1.29 is 13.9 Å². The third-order valence-electron chi connectivity index (χ3n) is 3.99. The number of halogens is 1. The van der Waals surface area contributed by atoms with Gasteiger partial charge in [-0.1, -0.05) is 6.07 Å². The average molecular weight is 279 g/mol. The van der Waals surface area contributed by atoms with Gasteiger partial charge in [-0.05, 0) is 44.7 Å². The lowest BCUT2D eigenvalue weighted by Crippen LogP contribution is -2.38. The predicted molar refractivity (Wildman–Crippen MR) is 77.8 cm³/mol. The lowest BCUT2D eigenvalue weighted by molar-refractivity contribution is 0.101. The van der Waals surface area contributed by atoms with Gasteiger partial charge in [-0.25, -0.2) is 4.39 Å². The molecule has 0 saturated heterocycles. The Labute approximate surface area is 119 Å². The minimum Gasteiger partial charge on any atom is -0.383 e. The van der Waals surface area contributed by atoms with Crippen LogP contribution in [0.2, 0.25) is 0 Å². The van der Waals surface area contributed by atoms with Crippen molar-refractivity contribution in [3.8, 4) is 0 Å². The quantitative estimate of drug-likeness (QED) is 0.717. The summed E-state index contributed by atoms with van der Waals surface area (Å²) in [5.41, 5.74) is 0.880. The molecule has 0 spiro atoms. The summed E-state index contributed by atoms with van der Waals surface area (Å²) in [6.45, 7) is 4.69. The van der Waals surface area contributed by atoms with Crippen LogP contribution in [0.1, 0.15) is 37.0 Å². The van der Waals surface area contributed by atoms with Crippen molar-refractivity contribution in [2.45, 2.75) is 32.7 Å². The van der Waals surface area contributed by atoms with Crippen molar-refractivity contribution in [3.05, 3.63) is 29.6 Å². The molecule has 2 rings (SSSR count). The molecule has 1 aromatic carbocycles. The van der Waals surface area contributed by atoms with Crippen molar-refractivity contribution in [1.82, 2.24) is 0 Å². The van der Waals surface area contributed by atoms with Gasteiger partial charge in [0.05, 0.1) is 12.3 Å². The minimum absolute atomic E-state index is 0.107. The molecule has 0 N–H and O–H groups in total. The molecule has 0 bridgehead atoms. The number of nitrogens with zero attached hydrogens (tertiary/aromatic N) is 1. The molecule has 0 amide bonds. The fourth-order valence-electron chi connectivity index (χ4n) is 2.63. The second-order valence-corrected chi connectivity index (χ2v) is 5.46. The Morgan fingerprint density at radius 1 is 1.50 bits per heavy atom. The van der Waals surface area contributed by atoms with Crippen LogP contribution in [0.4, 0.5) is 10.1 Å². The molecule has 110 valence electrons. The zero-order valence-electron chi connectivity index (χ0n) is 12.4. The van der Waals surface area contributed by atoms with Crippen molar-refractivity contribution in [1.29, 1.82) is 0 Å². The summed E-state index contributed by atoms with van der Waals surface area (Å²) in [5, 5.41) is 0. The van der Waals surface area contributed by atoms with Gasteiger partial charge in [0, 0.05) is 25.3 Å². The van der Waals surface area contributed by atoms with Crippen molar-refractivity contribution >= 4 is 11.5 Å². The van der Waals surface area contributed by atoms with Gasteiger partial charge < -0.3 is 9.64 Å². The molecule has 1 aliphatic carbocycles. The first-order valence-corrected chi connectivity index (χ1v) is 7.11. The van der Waals surface area contributed by atoms with Gasteiger partial charge >= 0.3 is 0 Å². The van der Waals surface area contributed by atoms with Crippen LogP contribution in [0, 0.1) is 11.7 Å². The van der Waals surface area contributed by atoms with E-state index in [4.69, 9.17) is 4.74 Å². The molecule has 1 fully saturated rings. The molecule has 1 aliphatic rings. The SMILES string of the molecule is COCCN(c1c(F)cccc1C(C)=O)C(C)C1CC1. The number of anilines is 1. The predicted octanol–water partition coefficient (Wildman–Crippen LogP) is 3.28. The Bertz CT molecular complexity index is 485. The Kier molecular flexibility index (Phi) is 4.76. The van der Waals surface area contributed by atoms with Gasteiger partial charge in [-0.15, -0.1) is 0 Å². The fraction of sp³-hybridized carbons (Fsp3) is 0.562. The lowest BCUT2D eigenvalue weighted by Gasteiger charge is -2.33.